The third kappa shape index (κ3) is 3.12. The number of ether oxygens (including phenoxy) is 1. The van der Waals surface area contributed by atoms with Crippen molar-refractivity contribution in [2.45, 2.75) is 38.8 Å². The minimum atomic E-state index is 0.612. The summed E-state index contributed by atoms with van der Waals surface area (Å²) in [7, 11) is 0. The van der Waals surface area contributed by atoms with E-state index in [9.17, 15) is 0 Å². The van der Waals surface area contributed by atoms with Gasteiger partial charge in [0.05, 0.1) is 0 Å². The Morgan fingerprint density at radius 3 is 2.54 bits per heavy atom. The van der Waals surface area contributed by atoms with E-state index in [0.29, 0.717) is 12.1 Å². The molecule has 0 atom stereocenters. The molecule has 2 heteroatoms. The van der Waals surface area contributed by atoms with Gasteiger partial charge in [-0.2, -0.15) is 0 Å². The molecule has 0 aliphatic carbocycles. The number of nitrogens with zero attached hydrogens (tertiary/aromatic N) is 1. The van der Waals surface area contributed by atoms with Gasteiger partial charge in [-0.05, 0) is 26.7 Å². The zero-order chi connectivity index (χ0) is 9.68. The van der Waals surface area contributed by atoms with Gasteiger partial charge in [-0.25, -0.2) is 0 Å². The van der Waals surface area contributed by atoms with Gasteiger partial charge in [0.25, 0.3) is 0 Å². The van der Waals surface area contributed by atoms with Crippen molar-refractivity contribution in [2.24, 2.45) is 0 Å². The van der Waals surface area contributed by atoms with E-state index < -0.39 is 0 Å². The number of hydrogen-bond acceptors (Lipinski definition) is 2. The molecule has 1 rings (SSSR count). The number of hydrogen-bond donors (Lipinski definition) is 0. The number of rotatable bonds is 4. The molecule has 2 nitrogen and oxygen atoms in total. The van der Waals surface area contributed by atoms with Gasteiger partial charge >= 0.3 is 0 Å². The Balaban J connectivity index is 2.46. The molecule has 13 heavy (non-hydrogen) atoms. The van der Waals surface area contributed by atoms with E-state index in [2.05, 4.69) is 25.3 Å². The fourth-order valence-electron chi connectivity index (χ4n) is 1.95. The molecule has 0 amide bonds. The second kappa shape index (κ2) is 5.40. The Morgan fingerprint density at radius 2 is 2.08 bits per heavy atom. The van der Waals surface area contributed by atoms with Gasteiger partial charge < -0.3 is 4.74 Å². The van der Waals surface area contributed by atoms with E-state index in [1.807, 2.05) is 6.08 Å². The fraction of sp³-hybridized carbons (Fsp3) is 0.818. The van der Waals surface area contributed by atoms with Crippen molar-refractivity contribution in [1.82, 2.24) is 4.90 Å². The first-order valence-electron chi connectivity index (χ1n) is 5.20. The normalized spacial score (nSPS) is 19.7. The van der Waals surface area contributed by atoms with Gasteiger partial charge in [0.1, 0.15) is 0 Å². The second-order valence-corrected chi connectivity index (χ2v) is 3.92. The minimum absolute atomic E-state index is 0.612. The van der Waals surface area contributed by atoms with Gasteiger partial charge in [-0.15, -0.1) is 6.58 Å². The van der Waals surface area contributed by atoms with Crippen LogP contribution < -0.4 is 0 Å². The highest BCUT2D eigenvalue weighted by atomic mass is 16.5. The van der Waals surface area contributed by atoms with Gasteiger partial charge in [-0.3, -0.25) is 4.90 Å². The first kappa shape index (κ1) is 10.7. The lowest BCUT2D eigenvalue weighted by Gasteiger charge is -2.36. The molecule has 1 aliphatic rings. The molecule has 0 aromatic heterocycles. The largest absolute Gasteiger partial charge is 0.381 e. The van der Waals surface area contributed by atoms with Crippen molar-refractivity contribution in [3.8, 4) is 0 Å². The molecule has 1 heterocycles. The van der Waals surface area contributed by atoms with E-state index in [-0.39, 0.29) is 0 Å². The Kier molecular flexibility index (Phi) is 4.46. The van der Waals surface area contributed by atoms with Crippen molar-refractivity contribution < 1.29 is 4.74 Å². The smallest absolute Gasteiger partial charge is 0.0480 e. The lowest BCUT2D eigenvalue weighted by molar-refractivity contribution is 0.0275. The van der Waals surface area contributed by atoms with E-state index in [0.717, 1.165) is 19.8 Å². The molecule has 0 aromatic carbocycles. The topological polar surface area (TPSA) is 12.5 Å². The van der Waals surface area contributed by atoms with Gasteiger partial charge in [0, 0.05) is 31.8 Å². The van der Waals surface area contributed by atoms with Crippen LogP contribution in [0.5, 0.6) is 0 Å². The van der Waals surface area contributed by atoms with Crippen molar-refractivity contribution in [3.63, 3.8) is 0 Å². The highest BCUT2D eigenvalue weighted by molar-refractivity contribution is 4.82. The van der Waals surface area contributed by atoms with E-state index in [4.69, 9.17) is 4.74 Å². The lowest BCUT2D eigenvalue weighted by atomic mass is 10.1. The summed E-state index contributed by atoms with van der Waals surface area (Å²) in [6, 6.07) is 1.31. The molecule has 0 spiro atoms. The Bertz CT molecular complexity index is 150. The van der Waals surface area contributed by atoms with Crippen LogP contribution in [0.25, 0.3) is 0 Å². The molecule has 1 aliphatic heterocycles. The summed E-state index contributed by atoms with van der Waals surface area (Å²) >= 11 is 0. The summed E-state index contributed by atoms with van der Waals surface area (Å²) in [4.78, 5) is 2.51. The van der Waals surface area contributed by atoms with Crippen molar-refractivity contribution in [2.75, 3.05) is 19.8 Å². The maximum Gasteiger partial charge on any atom is 0.0480 e. The molecule has 1 fully saturated rings. The SMILES string of the molecule is C=CCN(C(C)C)C1CCOCC1. The monoisotopic (exact) mass is 183 g/mol. The quantitative estimate of drug-likeness (QED) is 0.619. The van der Waals surface area contributed by atoms with Crippen molar-refractivity contribution >= 4 is 0 Å². The standard InChI is InChI=1S/C11H21NO/c1-4-7-12(10(2)3)11-5-8-13-9-6-11/h4,10-11H,1,5-9H2,2-3H3. The summed E-state index contributed by atoms with van der Waals surface area (Å²) < 4.78 is 5.36. The maximum absolute atomic E-state index is 5.36. The molecular formula is C11H21NO. The van der Waals surface area contributed by atoms with E-state index in [1.54, 1.807) is 0 Å². The summed E-state index contributed by atoms with van der Waals surface area (Å²) in [5.74, 6) is 0. The first-order chi connectivity index (χ1) is 6.25. The average molecular weight is 183 g/mol. The van der Waals surface area contributed by atoms with Crippen LogP contribution in [0.4, 0.5) is 0 Å². The molecular weight excluding hydrogens is 162 g/mol. The minimum Gasteiger partial charge on any atom is -0.381 e. The molecule has 0 aromatic rings. The van der Waals surface area contributed by atoms with Crippen LogP contribution in [0.3, 0.4) is 0 Å². The Morgan fingerprint density at radius 1 is 1.46 bits per heavy atom. The van der Waals surface area contributed by atoms with Gasteiger partial charge in [0.15, 0.2) is 0 Å². The van der Waals surface area contributed by atoms with Gasteiger partial charge in [-0.1, -0.05) is 6.08 Å². The highest BCUT2D eigenvalue weighted by Crippen LogP contribution is 2.16. The summed E-state index contributed by atoms with van der Waals surface area (Å²) in [6.45, 7) is 11.1. The Labute approximate surface area is 81.6 Å². The van der Waals surface area contributed by atoms with E-state index >= 15 is 0 Å². The highest BCUT2D eigenvalue weighted by Gasteiger charge is 2.22. The molecule has 0 saturated carbocycles. The zero-order valence-corrected chi connectivity index (χ0v) is 8.83. The second-order valence-electron chi connectivity index (χ2n) is 3.92. The first-order valence-corrected chi connectivity index (χ1v) is 5.20. The van der Waals surface area contributed by atoms with Crippen LogP contribution >= 0.6 is 0 Å². The molecule has 1 saturated heterocycles. The van der Waals surface area contributed by atoms with Crippen LogP contribution in [-0.4, -0.2) is 36.7 Å². The third-order valence-corrected chi connectivity index (χ3v) is 2.66. The molecule has 0 N–H and O–H groups in total. The van der Waals surface area contributed by atoms with Crippen LogP contribution in [0, 0.1) is 0 Å². The summed E-state index contributed by atoms with van der Waals surface area (Å²) in [5, 5.41) is 0. The Hall–Kier alpha value is -0.340. The average Bonchev–Trinajstić information content (AvgIpc) is 2.15. The predicted molar refractivity (Wildman–Crippen MR) is 55.9 cm³/mol. The maximum atomic E-state index is 5.36. The third-order valence-electron chi connectivity index (χ3n) is 2.66. The van der Waals surface area contributed by atoms with Crippen molar-refractivity contribution in [3.05, 3.63) is 12.7 Å². The zero-order valence-electron chi connectivity index (χ0n) is 8.83. The summed E-state index contributed by atoms with van der Waals surface area (Å²) in [5.41, 5.74) is 0. The van der Waals surface area contributed by atoms with E-state index in [1.165, 1.54) is 12.8 Å². The molecule has 0 radical (unpaired) electrons. The fourth-order valence-corrected chi connectivity index (χ4v) is 1.95. The van der Waals surface area contributed by atoms with Gasteiger partial charge in [0.2, 0.25) is 0 Å². The molecule has 0 bridgehead atoms. The van der Waals surface area contributed by atoms with Crippen LogP contribution in [0.2, 0.25) is 0 Å². The summed E-state index contributed by atoms with van der Waals surface area (Å²) in [6.07, 6.45) is 4.34. The molecule has 0 unspecified atom stereocenters. The molecule has 76 valence electrons. The van der Waals surface area contributed by atoms with Crippen LogP contribution in [0.1, 0.15) is 26.7 Å². The predicted octanol–water partition coefficient (Wildman–Crippen LogP) is 2.06. The van der Waals surface area contributed by atoms with Crippen LogP contribution in [0.15, 0.2) is 12.7 Å². The lowest BCUT2D eigenvalue weighted by Crippen LogP contribution is -2.43. The van der Waals surface area contributed by atoms with Crippen LogP contribution in [-0.2, 0) is 4.74 Å². The van der Waals surface area contributed by atoms with Crippen molar-refractivity contribution in [1.29, 1.82) is 0 Å².